The van der Waals surface area contributed by atoms with Crippen LogP contribution < -0.4 is 4.74 Å². The van der Waals surface area contributed by atoms with E-state index in [0.717, 1.165) is 18.4 Å². The fourth-order valence-electron chi connectivity index (χ4n) is 3.71. The van der Waals surface area contributed by atoms with E-state index >= 15 is 0 Å². The van der Waals surface area contributed by atoms with Crippen molar-refractivity contribution in [3.63, 3.8) is 0 Å². The fraction of sp³-hybridized carbons (Fsp3) is 0.409. The number of rotatable bonds is 8. The summed E-state index contributed by atoms with van der Waals surface area (Å²) in [6.45, 7) is 0.922. The molecule has 1 saturated heterocycles. The van der Waals surface area contributed by atoms with Gasteiger partial charge in [-0.05, 0) is 49.1 Å². The third kappa shape index (κ3) is 6.20. The number of hydrogen-bond acceptors (Lipinski definition) is 6. The highest BCUT2D eigenvalue weighted by molar-refractivity contribution is 7.89. The lowest BCUT2D eigenvalue weighted by atomic mass is 10.1. The number of carbonyl (C=O) groups is 1. The number of methoxy groups -OCH3 is 2. The number of hydrogen-bond donors (Lipinski definition) is 0. The monoisotopic (exact) mass is 468 g/mol. The molecule has 0 radical (unpaired) electrons. The molecule has 1 fully saturated rings. The summed E-state index contributed by atoms with van der Waals surface area (Å²) < 4.78 is 38.9. The highest BCUT2D eigenvalue weighted by Crippen LogP contribution is 2.29. The Morgan fingerprint density at radius 3 is 2.35 bits per heavy atom. The summed E-state index contributed by atoms with van der Waals surface area (Å²) in [5.41, 5.74) is 0.887. The van der Waals surface area contributed by atoms with E-state index in [-0.39, 0.29) is 36.4 Å². The molecule has 0 saturated carbocycles. The van der Waals surface area contributed by atoms with Crippen LogP contribution in [0.15, 0.2) is 59.5 Å². The molecule has 0 N–H and O–H groups in total. The van der Waals surface area contributed by atoms with E-state index in [9.17, 15) is 13.2 Å². The van der Waals surface area contributed by atoms with Crippen molar-refractivity contribution in [1.29, 1.82) is 0 Å². The first-order valence-corrected chi connectivity index (χ1v) is 11.4. The normalized spacial score (nSPS) is 17.1. The SMILES string of the molecule is COC(=O)CN1CCCCC1N(Cc1ccccc1)S(=O)(=O)c1ccc(OC)cc1.Cl. The van der Waals surface area contributed by atoms with E-state index in [4.69, 9.17) is 9.47 Å². The number of ether oxygens (including phenoxy) is 2. The minimum Gasteiger partial charge on any atom is -0.497 e. The molecule has 1 aliphatic heterocycles. The minimum atomic E-state index is -3.82. The Hall–Kier alpha value is -2.13. The quantitative estimate of drug-likeness (QED) is 0.553. The van der Waals surface area contributed by atoms with E-state index in [1.165, 1.54) is 18.5 Å². The van der Waals surface area contributed by atoms with Gasteiger partial charge in [-0.1, -0.05) is 30.3 Å². The van der Waals surface area contributed by atoms with Crippen molar-refractivity contribution < 1.29 is 22.7 Å². The Morgan fingerprint density at radius 1 is 1.06 bits per heavy atom. The second kappa shape index (κ2) is 11.5. The van der Waals surface area contributed by atoms with Crippen molar-refractivity contribution in [2.45, 2.75) is 36.9 Å². The smallest absolute Gasteiger partial charge is 0.319 e. The maximum Gasteiger partial charge on any atom is 0.319 e. The van der Waals surface area contributed by atoms with Gasteiger partial charge in [-0.2, -0.15) is 4.31 Å². The maximum atomic E-state index is 13.7. The first-order valence-electron chi connectivity index (χ1n) is 9.96. The van der Waals surface area contributed by atoms with Crippen molar-refractivity contribution >= 4 is 28.4 Å². The number of halogens is 1. The summed E-state index contributed by atoms with van der Waals surface area (Å²) >= 11 is 0. The average molecular weight is 469 g/mol. The third-order valence-corrected chi connectivity index (χ3v) is 7.18. The van der Waals surface area contributed by atoms with Crippen LogP contribution in [0, 0.1) is 0 Å². The Bertz CT molecular complexity index is 938. The zero-order chi connectivity index (χ0) is 21.6. The van der Waals surface area contributed by atoms with Gasteiger partial charge in [0, 0.05) is 13.1 Å². The van der Waals surface area contributed by atoms with Crippen LogP contribution in [-0.2, 0) is 26.1 Å². The van der Waals surface area contributed by atoms with E-state index in [1.54, 1.807) is 24.3 Å². The lowest BCUT2D eigenvalue weighted by molar-refractivity contribution is -0.143. The van der Waals surface area contributed by atoms with Gasteiger partial charge in [0.2, 0.25) is 10.0 Å². The van der Waals surface area contributed by atoms with Gasteiger partial charge in [0.25, 0.3) is 0 Å². The van der Waals surface area contributed by atoms with Gasteiger partial charge in [-0.25, -0.2) is 8.42 Å². The standard InChI is InChI=1S/C22H28N2O5S.ClH/c1-28-19-11-13-20(14-12-19)30(26,27)24(16-18-8-4-3-5-9-18)21-10-6-7-15-23(21)17-22(25)29-2;/h3-5,8-9,11-14,21H,6-7,10,15-17H2,1-2H3;1H. The van der Waals surface area contributed by atoms with Crippen molar-refractivity contribution in [2.24, 2.45) is 0 Å². The molecule has 0 bridgehead atoms. The van der Waals surface area contributed by atoms with E-state index in [2.05, 4.69) is 0 Å². The minimum absolute atomic E-state index is 0. The number of esters is 1. The molecule has 1 aliphatic rings. The Labute approximate surface area is 190 Å². The lowest BCUT2D eigenvalue weighted by Gasteiger charge is -2.41. The van der Waals surface area contributed by atoms with Gasteiger partial charge in [0.15, 0.2) is 0 Å². The first-order chi connectivity index (χ1) is 14.5. The zero-order valence-corrected chi connectivity index (χ0v) is 19.4. The molecule has 2 aromatic rings. The van der Waals surface area contributed by atoms with Crippen LogP contribution in [0.3, 0.4) is 0 Å². The molecule has 9 heteroatoms. The van der Waals surface area contributed by atoms with Gasteiger partial charge >= 0.3 is 5.97 Å². The number of benzene rings is 2. The number of sulfonamides is 1. The number of carbonyl (C=O) groups excluding carboxylic acids is 1. The Kier molecular flexibility index (Phi) is 9.31. The summed E-state index contributed by atoms with van der Waals surface area (Å²) in [6.07, 6.45) is 2.03. The maximum absolute atomic E-state index is 13.7. The lowest BCUT2D eigenvalue weighted by Crippen LogP contribution is -2.54. The van der Waals surface area contributed by atoms with E-state index in [0.29, 0.717) is 18.7 Å². The predicted octanol–water partition coefficient (Wildman–Crippen LogP) is 3.29. The molecule has 0 aromatic heterocycles. The summed E-state index contributed by atoms with van der Waals surface area (Å²) in [5.74, 6) is 0.219. The molecule has 1 atom stereocenters. The molecule has 0 spiro atoms. The van der Waals surface area contributed by atoms with Crippen LogP contribution in [0.1, 0.15) is 24.8 Å². The molecule has 31 heavy (non-hydrogen) atoms. The summed E-state index contributed by atoms with van der Waals surface area (Å²) in [6, 6.07) is 15.9. The average Bonchev–Trinajstić information content (AvgIpc) is 2.78. The van der Waals surface area contributed by atoms with Crippen LogP contribution in [0.25, 0.3) is 0 Å². The van der Waals surface area contributed by atoms with Gasteiger partial charge < -0.3 is 9.47 Å². The molecular weight excluding hydrogens is 440 g/mol. The Balaban J connectivity index is 0.00000341. The molecule has 2 aromatic carbocycles. The molecule has 3 rings (SSSR count). The number of likely N-dealkylation sites (tertiary alicyclic amines) is 1. The van der Waals surface area contributed by atoms with Gasteiger partial charge in [-0.15, -0.1) is 12.4 Å². The number of nitrogens with zero attached hydrogens (tertiary/aromatic N) is 2. The first kappa shape index (κ1) is 25.1. The highest BCUT2D eigenvalue weighted by Gasteiger charge is 2.37. The second-order valence-corrected chi connectivity index (χ2v) is 9.12. The van der Waals surface area contributed by atoms with Gasteiger partial charge in [0.1, 0.15) is 5.75 Å². The molecule has 170 valence electrons. The Morgan fingerprint density at radius 2 is 1.74 bits per heavy atom. The van der Waals surface area contributed by atoms with E-state index in [1.807, 2.05) is 35.2 Å². The fourth-order valence-corrected chi connectivity index (χ4v) is 5.34. The second-order valence-electron chi connectivity index (χ2n) is 7.23. The highest BCUT2D eigenvalue weighted by atomic mass is 35.5. The molecule has 0 aliphatic carbocycles. The molecule has 1 heterocycles. The van der Waals surface area contributed by atoms with Crippen LogP contribution in [0.2, 0.25) is 0 Å². The van der Waals surface area contributed by atoms with Crippen LogP contribution in [0.4, 0.5) is 0 Å². The van der Waals surface area contributed by atoms with Gasteiger partial charge in [-0.3, -0.25) is 9.69 Å². The van der Waals surface area contributed by atoms with Crippen molar-refractivity contribution in [2.75, 3.05) is 27.3 Å². The molecule has 1 unspecified atom stereocenters. The van der Waals surface area contributed by atoms with Crippen LogP contribution in [-0.4, -0.2) is 57.1 Å². The van der Waals surface area contributed by atoms with Crippen molar-refractivity contribution in [3.05, 3.63) is 60.2 Å². The zero-order valence-electron chi connectivity index (χ0n) is 17.8. The summed E-state index contributed by atoms with van der Waals surface area (Å²) in [4.78, 5) is 14.1. The third-order valence-electron chi connectivity index (χ3n) is 5.32. The van der Waals surface area contributed by atoms with E-state index < -0.39 is 16.2 Å². The predicted molar refractivity (Wildman–Crippen MR) is 121 cm³/mol. The summed E-state index contributed by atoms with van der Waals surface area (Å²) in [7, 11) is -0.931. The summed E-state index contributed by atoms with van der Waals surface area (Å²) in [5, 5.41) is 0. The van der Waals surface area contributed by atoms with Gasteiger partial charge in [0.05, 0.1) is 31.8 Å². The van der Waals surface area contributed by atoms with Crippen LogP contribution in [0.5, 0.6) is 5.75 Å². The van der Waals surface area contributed by atoms with Crippen molar-refractivity contribution in [1.82, 2.24) is 9.21 Å². The topological polar surface area (TPSA) is 76.2 Å². The van der Waals surface area contributed by atoms with Crippen LogP contribution >= 0.6 is 12.4 Å². The van der Waals surface area contributed by atoms with Crippen molar-refractivity contribution in [3.8, 4) is 5.75 Å². The molecular formula is C22H29ClN2O5S. The number of piperidine rings is 1. The largest absolute Gasteiger partial charge is 0.497 e. The molecule has 0 amide bonds. The molecule has 7 nitrogen and oxygen atoms in total.